The lowest BCUT2D eigenvalue weighted by atomic mass is 10.2. The van der Waals surface area contributed by atoms with Gasteiger partial charge in [-0.05, 0) is 31.2 Å². The number of nitrogens with zero attached hydrogens (tertiary/aromatic N) is 5. The van der Waals surface area contributed by atoms with Crippen molar-refractivity contribution < 1.29 is 28.1 Å². The highest BCUT2D eigenvalue weighted by molar-refractivity contribution is 6.04. The Hall–Kier alpha value is -5.13. The van der Waals surface area contributed by atoms with E-state index < -0.39 is 11.7 Å². The highest BCUT2D eigenvalue weighted by Crippen LogP contribution is 2.37. The number of benzene rings is 2. The zero-order chi connectivity index (χ0) is 27.5. The maximum absolute atomic E-state index is 15.1. The lowest BCUT2D eigenvalue weighted by molar-refractivity contribution is 0.101. The van der Waals surface area contributed by atoms with Gasteiger partial charge >= 0.3 is 0 Å². The molecule has 3 aromatic heterocycles. The lowest BCUT2D eigenvalue weighted by Gasteiger charge is -2.13. The van der Waals surface area contributed by atoms with E-state index in [1.807, 2.05) is 0 Å². The van der Waals surface area contributed by atoms with Crippen LogP contribution in [0.2, 0.25) is 0 Å². The number of ether oxygens (including phenoxy) is 4. The largest absolute Gasteiger partial charge is 0.493 e. The van der Waals surface area contributed by atoms with Gasteiger partial charge in [-0.3, -0.25) is 14.5 Å². The van der Waals surface area contributed by atoms with Gasteiger partial charge in [0.15, 0.2) is 40.3 Å². The maximum atomic E-state index is 15.1. The molecule has 0 spiro atoms. The van der Waals surface area contributed by atoms with Crippen molar-refractivity contribution in [2.45, 2.75) is 6.92 Å². The number of amides is 1. The molecule has 0 saturated heterocycles. The van der Waals surface area contributed by atoms with Gasteiger partial charge in [0.05, 0.1) is 32.5 Å². The van der Waals surface area contributed by atoms with E-state index in [2.05, 4.69) is 20.5 Å². The Morgan fingerprint density at radius 3 is 2.46 bits per heavy atom. The highest BCUT2D eigenvalue weighted by atomic mass is 19.1. The number of hydrogen-bond acceptors (Lipinski definition) is 8. The number of fused-ring (bicyclic) bond motifs is 1. The molecule has 5 aromatic rings. The van der Waals surface area contributed by atoms with Crippen LogP contribution in [-0.4, -0.2) is 51.3 Å². The second kappa shape index (κ2) is 10.7. The molecule has 0 aliphatic heterocycles. The number of rotatable bonds is 9. The van der Waals surface area contributed by atoms with Crippen molar-refractivity contribution in [3.63, 3.8) is 0 Å². The first kappa shape index (κ1) is 25.5. The molecule has 1 N–H and O–H groups in total. The predicted molar refractivity (Wildman–Crippen MR) is 141 cm³/mol. The van der Waals surface area contributed by atoms with Crippen LogP contribution in [0.3, 0.4) is 0 Å². The second-order valence-corrected chi connectivity index (χ2v) is 8.30. The zero-order valence-electron chi connectivity index (χ0n) is 21.6. The molecule has 5 rings (SSSR count). The lowest BCUT2D eigenvalue weighted by Crippen LogP contribution is -2.14. The van der Waals surface area contributed by atoms with Crippen LogP contribution in [0.1, 0.15) is 17.4 Å². The van der Waals surface area contributed by atoms with E-state index in [0.29, 0.717) is 40.6 Å². The van der Waals surface area contributed by atoms with Gasteiger partial charge in [0.1, 0.15) is 5.75 Å². The molecule has 0 aliphatic carbocycles. The van der Waals surface area contributed by atoms with Crippen molar-refractivity contribution in [3.8, 4) is 34.6 Å². The van der Waals surface area contributed by atoms with Gasteiger partial charge in [-0.2, -0.15) is 10.2 Å². The van der Waals surface area contributed by atoms with Crippen LogP contribution < -0.4 is 24.3 Å². The minimum atomic E-state index is -0.678. The monoisotopic (exact) mass is 532 g/mol. The van der Waals surface area contributed by atoms with E-state index in [-0.39, 0.29) is 22.9 Å². The van der Waals surface area contributed by atoms with Crippen LogP contribution in [0.15, 0.2) is 61.1 Å². The summed E-state index contributed by atoms with van der Waals surface area (Å²) in [5.74, 6) is 0.881. The number of carbonyl (C=O) groups excluding carboxylic acids is 1. The van der Waals surface area contributed by atoms with Crippen LogP contribution in [0.25, 0.3) is 16.7 Å². The van der Waals surface area contributed by atoms with E-state index in [1.54, 1.807) is 61.5 Å². The predicted octanol–water partition coefficient (Wildman–Crippen LogP) is 4.75. The fourth-order valence-corrected chi connectivity index (χ4v) is 3.93. The summed E-state index contributed by atoms with van der Waals surface area (Å²) in [5, 5.41) is 11.9. The van der Waals surface area contributed by atoms with Crippen LogP contribution in [0.4, 0.5) is 10.1 Å². The molecule has 12 heteroatoms. The van der Waals surface area contributed by atoms with Crippen molar-refractivity contribution in [2.75, 3.05) is 26.1 Å². The number of carbonyl (C=O) groups is 1. The van der Waals surface area contributed by atoms with Crippen LogP contribution in [0, 0.1) is 5.82 Å². The molecule has 0 unspecified atom stereocenters. The summed E-state index contributed by atoms with van der Waals surface area (Å²) in [5.41, 5.74) is 0.839. The smallest absolute Gasteiger partial charge is 0.280 e. The molecule has 2 aromatic carbocycles. The van der Waals surface area contributed by atoms with E-state index in [1.165, 1.54) is 31.0 Å². The van der Waals surface area contributed by atoms with Crippen molar-refractivity contribution >= 4 is 22.5 Å². The van der Waals surface area contributed by atoms with Gasteiger partial charge < -0.3 is 24.3 Å². The third-order valence-corrected chi connectivity index (χ3v) is 5.75. The molecule has 39 heavy (non-hydrogen) atoms. The van der Waals surface area contributed by atoms with Crippen LogP contribution in [0.5, 0.6) is 28.7 Å². The molecule has 0 radical (unpaired) electrons. The molecule has 0 bridgehead atoms. The Bertz CT molecular complexity index is 1660. The van der Waals surface area contributed by atoms with Gasteiger partial charge in [-0.25, -0.2) is 9.07 Å². The Balaban J connectivity index is 1.38. The number of pyridine rings is 1. The molecule has 0 fully saturated rings. The van der Waals surface area contributed by atoms with Crippen molar-refractivity contribution in [1.82, 2.24) is 24.5 Å². The number of hydrogen-bond donors (Lipinski definition) is 1. The fourth-order valence-electron chi connectivity index (χ4n) is 3.93. The first-order chi connectivity index (χ1) is 18.9. The number of anilines is 1. The first-order valence-electron chi connectivity index (χ1n) is 11.9. The van der Waals surface area contributed by atoms with Gasteiger partial charge in [0.2, 0.25) is 0 Å². The molecule has 3 heterocycles. The summed E-state index contributed by atoms with van der Waals surface area (Å²) >= 11 is 0. The minimum absolute atomic E-state index is 0.0373. The summed E-state index contributed by atoms with van der Waals surface area (Å²) < 4.78 is 40.3. The average Bonchev–Trinajstić information content (AvgIpc) is 3.56. The number of halogens is 1. The van der Waals surface area contributed by atoms with Crippen molar-refractivity contribution in [3.05, 3.63) is 72.6 Å². The minimum Gasteiger partial charge on any atom is -0.493 e. The standard InChI is InChI=1S/C27H25FN6O5/c1-5-38-24-15-34(25-9-11-33(2)31-25)32-26(24)27(35)30-16-6-7-21(18(28)12-16)39-20-8-10-29-19-14-23(37-4)22(36-3)13-17(19)20/h6-15H,5H2,1-4H3,(H,30,35). The molecule has 11 nitrogen and oxygen atoms in total. The molecule has 1 amide bonds. The van der Waals surface area contributed by atoms with Gasteiger partial charge in [0.25, 0.3) is 5.91 Å². The summed E-state index contributed by atoms with van der Waals surface area (Å²) in [6.45, 7) is 2.13. The average molecular weight is 533 g/mol. The molecular weight excluding hydrogens is 507 g/mol. The fraction of sp³-hybridized carbons (Fsp3) is 0.185. The first-order valence-corrected chi connectivity index (χ1v) is 11.9. The van der Waals surface area contributed by atoms with Crippen molar-refractivity contribution in [1.29, 1.82) is 0 Å². The topological polar surface area (TPSA) is 115 Å². The molecule has 0 atom stereocenters. The third-order valence-electron chi connectivity index (χ3n) is 5.75. The Labute approximate surface area is 222 Å². The summed E-state index contributed by atoms with van der Waals surface area (Å²) in [6, 6.07) is 10.9. The van der Waals surface area contributed by atoms with Gasteiger partial charge in [-0.15, -0.1) is 0 Å². The van der Waals surface area contributed by atoms with E-state index in [0.717, 1.165) is 6.07 Å². The quantitative estimate of drug-likeness (QED) is 0.289. The second-order valence-electron chi connectivity index (χ2n) is 8.30. The summed E-state index contributed by atoms with van der Waals surface area (Å²) in [6.07, 6.45) is 4.88. The van der Waals surface area contributed by atoms with E-state index in [4.69, 9.17) is 18.9 Å². The summed E-state index contributed by atoms with van der Waals surface area (Å²) in [7, 11) is 4.83. The summed E-state index contributed by atoms with van der Waals surface area (Å²) in [4.78, 5) is 17.4. The number of aromatic nitrogens is 5. The SMILES string of the molecule is CCOc1cn(-c2ccn(C)n2)nc1C(=O)Nc1ccc(Oc2ccnc3cc(OC)c(OC)cc23)c(F)c1. The number of aryl methyl sites for hydroxylation is 1. The highest BCUT2D eigenvalue weighted by Gasteiger charge is 2.21. The van der Waals surface area contributed by atoms with Crippen LogP contribution >= 0.6 is 0 Å². The van der Waals surface area contributed by atoms with E-state index >= 15 is 4.39 Å². The van der Waals surface area contributed by atoms with E-state index in [9.17, 15) is 4.79 Å². The number of methoxy groups -OCH3 is 2. The third kappa shape index (κ3) is 5.17. The van der Waals surface area contributed by atoms with Gasteiger partial charge in [0, 0.05) is 48.7 Å². The molecule has 200 valence electrons. The maximum Gasteiger partial charge on any atom is 0.280 e. The van der Waals surface area contributed by atoms with Gasteiger partial charge in [-0.1, -0.05) is 0 Å². The Kier molecular flexibility index (Phi) is 7.00. The Morgan fingerprint density at radius 2 is 1.77 bits per heavy atom. The Morgan fingerprint density at radius 1 is 0.974 bits per heavy atom. The van der Waals surface area contributed by atoms with Crippen LogP contribution in [-0.2, 0) is 7.05 Å². The molecule has 0 aliphatic rings. The molecule has 0 saturated carbocycles. The molecular formula is C27H25FN6O5. The number of nitrogens with one attached hydrogen (secondary N) is 1. The zero-order valence-corrected chi connectivity index (χ0v) is 21.6. The normalized spacial score (nSPS) is 10.9. The van der Waals surface area contributed by atoms with Crippen molar-refractivity contribution in [2.24, 2.45) is 7.05 Å².